The van der Waals surface area contributed by atoms with E-state index in [4.69, 9.17) is 0 Å². The van der Waals surface area contributed by atoms with Crippen molar-refractivity contribution in [2.45, 2.75) is 11.7 Å². The summed E-state index contributed by atoms with van der Waals surface area (Å²) in [5, 5.41) is 13.1. The number of benzene rings is 1. The lowest BCUT2D eigenvalue weighted by molar-refractivity contribution is -0.419. The van der Waals surface area contributed by atoms with Gasteiger partial charge in [0.15, 0.2) is 0 Å². The highest BCUT2D eigenvalue weighted by Gasteiger charge is 2.25. The minimum Gasteiger partial charge on any atom is -0.322 e. The first-order valence-electron chi connectivity index (χ1n) is 5.68. The van der Waals surface area contributed by atoms with Crippen molar-refractivity contribution in [1.29, 1.82) is 0 Å². The molecular formula is C13H12N2O3S. The van der Waals surface area contributed by atoms with Gasteiger partial charge < -0.3 is 5.32 Å². The SMILES string of the molecule is O=C(Nc1ccccc1)C1=CC([N+](=O)[O-])=CC[C@@H]1S. The number of allylic oxidation sites excluding steroid dienone is 2. The van der Waals surface area contributed by atoms with Crippen LogP contribution in [0.1, 0.15) is 6.42 Å². The third kappa shape index (κ3) is 3.23. The van der Waals surface area contributed by atoms with Crippen LogP contribution in [0.3, 0.4) is 0 Å². The van der Waals surface area contributed by atoms with Crippen LogP contribution in [0, 0.1) is 10.1 Å². The van der Waals surface area contributed by atoms with Gasteiger partial charge in [-0.15, -0.1) is 0 Å². The van der Waals surface area contributed by atoms with E-state index < -0.39 is 4.92 Å². The number of hydrogen-bond acceptors (Lipinski definition) is 4. The van der Waals surface area contributed by atoms with Gasteiger partial charge in [-0.3, -0.25) is 14.9 Å². The Bertz CT molecular complexity index is 567. The van der Waals surface area contributed by atoms with E-state index in [1.54, 1.807) is 24.3 Å². The van der Waals surface area contributed by atoms with Crippen LogP contribution in [0.4, 0.5) is 5.69 Å². The number of nitrogens with zero attached hydrogens (tertiary/aromatic N) is 1. The second-order valence-corrected chi connectivity index (χ2v) is 4.68. The maximum Gasteiger partial charge on any atom is 0.266 e. The predicted molar refractivity (Wildman–Crippen MR) is 75.6 cm³/mol. The highest BCUT2D eigenvalue weighted by molar-refractivity contribution is 7.81. The molecule has 5 nitrogen and oxygen atoms in total. The van der Waals surface area contributed by atoms with Crippen LogP contribution in [0.2, 0.25) is 0 Å². The Morgan fingerprint density at radius 3 is 2.68 bits per heavy atom. The molecule has 0 fully saturated rings. The summed E-state index contributed by atoms with van der Waals surface area (Å²) in [5.74, 6) is -0.362. The van der Waals surface area contributed by atoms with E-state index in [2.05, 4.69) is 17.9 Å². The molecule has 0 saturated heterocycles. The predicted octanol–water partition coefficient (Wildman–Crippen LogP) is 2.41. The van der Waals surface area contributed by atoms with Gasteiger partial charge in [-0.2, -0.15) is 12.6 Å². The van der Waals surface area contributed by atoms with E-state index >= 15 is 0 Å². The van der Waals surface area contributed by atoms with Crippen molar-refractivity contribution in [1.82, 2.24) is 0 Å². The van der Waals surface area contributed by atoms with Crippen molar-refractivity contribution in [3.63, 3.8) is 0 Å². The molecule has 1 aromatic carbocycles. The van der Waals surface area contributed by atoms with Crippen LogP contribution in [-0.4, -0.2) is 16.1 Å². The summed E-state index contributed by atoms with van der Waals surface area (Å²) in [5.41, 5.74) is 0.885. The number of nitro groups is 1. The lowest BCUT2D eigenvalue weighted by Gasteiger charge is -2.16. The van der Waals surface area contributed by atoms with Crippen LogP contribution >= 0.6 is 12.6 Å². The van der Waals surface area contributed by atoms with Gasteiger partial charge in [-0.1, -0.05) is 18.2 Å². The largest absolute Gasteiger partial charge is 0.322 e. The van der Waals surface area contributed by atoms with Crippen molar-refractivity contribution < 1.29 is 9.72 Å². The molecule has 98 valence electrons. The molecular weight excluding hydrogens is 264 g/mol. The smallest absolute Gasteiger partial charge is 0.266 e. The minimum absolute atomic E-state index is 0.0662. The highest BCUT2D eigenvalue weighted by atomic mass is 32.1. The summed E-state index contributed by atoms with van der Waals surface area (Å²) >= 11 is 4.27. The molecule has 1 aliphatic carbocycles. The molecule has 1 aliphatic rings. The number of nitrogens with one attached hydrogen (secondary N) is 1. The lowest BCUT2D eigenvalue weighted by atomic mass is 10.0. The number of para-hydroxylation sites is 1. The standard InChI is InChI=1S/C13H12N2O3S/c16-13(14-9-4-2-1-3-5-9)11-8-10(15(17)18)6-7-12(11)19/h1-6,8,12,19H,7H2,(H,14,16)/t12-/m0/s1. The Hall–Kier alpha value is -2.08. The Kier molecular flexibility index (Phi) is 4.01. The molecule has 0 unspecified atom stereocenters. The number of thiol groups is 1. The third-order valence-electron chi connectivity index (χ3n) is 2.72. The Balaban J connectivity index is 2.18. The summed E-state index contributed by atoms with van der Waals surface area (Å²) in [6.07, 6.45) is 3.11. The van der Waals surface area contributed by atoms with Gasteiger partial charge in [-0.25, -0.2) is 0 Å². The maximum atomic E-state index is 12.1. The first kappa shape index (κ1) is 13.4. The molecule has 0 saturated carbocycles. The molecule has 0 aromatic heterocycles. The fourth-order valence-corrected chi connectivity index (χ4v) is 2.04. The molecule has 0 radical (unpaired) electrons. The van der Waals surface area contributed by atoms with Crippen LogP contribution in [0.5, 0.6) is 0 Å². The van der Waals surface area contributed by atoms with Gasteiger partial charge >= 0.3 is 0 Å². The number of carbonyl (C=O) groups is 1. The highest BCUT2D eigenvalue weighted by Crippen LogP contribution is 2.24. The van der Waals surface area contributed by atoms with Crippen LogP contribution in [0.25, 0.3) is 0 Å². The van der Waals surface area contributed by atoms with Gasteiger partial charge in [-0.05, 0) is 24.6 Å². The van der Waals surface area contributed by atoms with E-state index in [-0.39, 0.29) is 16.9 Å². The van der Waals surface area contributed by atoms with Gasteiger partial charge in [0.05, 0.1) is 4.92 Å². The average molecular weight is 276 g/mol. The second-order valence-electron chi connectivity index (χ2n) is 4.06. The number of rotatable bonds is 3. The van der Waals surface area contributed by atoms with Crippen LogP contribution in [0.15, 0.2) is 53.8 Å². The maximum absolute atomic E-state index is 12.1. The molecule has 6 heteroatoms. The fraction of sp³-hybridized carbons (Fsp3) is 0.154. The Labute approximate surface area is 115 Å². The molecule has 1 atom stereocenters. The molecule has 1 N–H and O–H groups in total. The monoisotopic (exact) mass is 276 g/mol. The summed E-state index contributed by atoms with van der Waals surface area (Å²) in [6, 6.07) is 8.93. The summed E-state index contributed by atoms with van der Waals surface area (Å²) < 4.78 is 0. The van der Waals surface area contributed by atoms with Crippen molar-refractivity contribution in [2.24, 2.45) is 0 Å². The fourth-order valence-electron chi connectivity index (χ4n) is 1.74. The molecule has 0 aliphatic heterocycles. The van der Waals surface area contributed by atoms with Crippen molar-refractivity contribution in [3.8, 4) is 0 Å². The lowest BCUT2D eigenvalue weighted by Crippen LogP contribution is -2.23. The van der Waals surface area contributed by atoms with E-state index in [9.17, 15) is 14.9 Å². The minimum atomic E-state index is -0.505. The zero-order valence-corrected chi connectivity index (χ0v) is 10.8. The molecule has 0 spiro atoms. The summed E-state index contributed by atoms with van der Waals surface area (Å²) in [7, 11) is 0. The van der Waals surface area contributed by atoms with Crippen molar-refractivity contribution >= 4 is 24.2 Å². The Morgan fingerprint density at radius 1 is 1.37 bits per heavy atom. The summed E-state index contributed by atoms with van der Waals surface area (Å²) in [6.45, 7) is 0. The average Bonchev–Trinajstić information content (AvgIpc) is 2.40. The van der Waals surface area contributed by atoms with E-state index in [0.717, 1.165) is 0 Å². The number of anilines is 1. The zero-order valence-electron chi connectivity index (χ0n) is 9.95. The number of hydrogen-bond donors (Lipinski definition) is 2. The van der Waals surface area contributed by atoms with Crippen LogP contribution < -0.4 is 5.32 Å². The second kappa shape index (κ2) is 5.71. The molecule has 0 heterocycles. The van der Waals surface area contributed by atoms with E-state index in [0.29, 0.717) is 17.7 Å². The van der Waals surface area contributed by atoms with Crippen molar-refractivity contribution in [2.75, 3.05) is 5.32 Å². The molecule has 2 rings (SSSR count). The first-order valence-corrected chi connectivity index (χ1v) is 6.20. The first-order chi connectivity index (χ1) is 9.08. The van der Waals surface area contributed by atoms with Crippen molar-refractivity contribution in [3.05, 3.63) is 63.9 Å². The Morgan fingerprint density at radius 2 is 2.05 bits per heavy atom. The quantitative estimate of drug-likeness (QED) is 0.506. The van der Waals surface area contributed by atoms with Gasteiger partial charge in [0, 0.05) is 22.6 Å². The normalized spacial score (nSPS) is 18.3. The topological polar surface area (TPSA) is 72.2 Å². The van der Waals surface area contributed by atoms with Gasteiger partial charge in [0.25, 0.3) is 11.6 Å². The molecule has 19 heavy (non-hydrogen) atoms. The van der Waals surface area contributed by atoms with E-state index in [1.165, 1.54) is 12.2 Å². The third-order valence-corrected chi connectivity index (χ3v) is 3.21. The molecule has 1 aromatic rings. The molecule has 0 bridgehead atoms. The van der Waals surface area contributed by atoms with Gasteiger partial charge in [0.2, 0.25) is 0 Å². The zero-order chi connectivity index (χ0) is 13.8. The number of carbonyl (C=O) groups excluding carboxylic acids is 1. The number of amides is 1. The summed E-state index contributed by atoms with van der Waals surface area (Å²) in [4.78, 5) is 22.3. The van der Waals surface area contributed by atoms with Crippen LogP contribution in [-0.2, 0) is 4.79 Å². The molecule has 1 amide bonds. The van der Waals surface area contributed by atoms with Gasteiger partial charge in [0.1, 0.15) is 0 Å². The van der Waals surface area contributed by atoms with E-state index in [1.807, 2.05) is 6.07 Å².